The lowest BCUT2D eigenvalue weighted by Gasteiger charge is -2.01. The smallest absolute Gasteiger partial charge is 0.225 e. The Morgan fingerprint density at radius 2 is 1.53 bits per heavy atom. The first kappa shape index (κ1) is 9.32. The van der Waals surface area contributed by atoms with Crippen molar-refractivity contribution in [1.82, 2.24) is 19.9 Å². The molecule has 0 aromatic carbocycles. The summed E-state index contributed by atoms with van der Waals surface area (Å²) in [7, 11) is 0. The van der Waals surface area contributed by atoms with E-state index >= 15 is 0 Å². The van der Waals surface area contributed by atoms with Crippen molar-refractivity contribution < 1.29 is 0 Å². The van der Waals surface area contributed by atoms with Gasteiger partial charge >= 0.3 is 0 Å². The molecule has 2 aromatic rings. The van der Waals surface area contributed by atoms with E-state index in [1.165, 1.54) is 0 Å². The highest BCUT2D eigenvalue weighted by atomic mass is 15.1. The molecule has 2 rings (SSSR count). The molecule has 0 atom stereocenters. The van der Waals surface area contributed by atoms with Gasteiger partial charge in [0.1, 0.15) is 5.82 Å². The van der Waals surface area contributed by atoms with Crippen molar-refractivity contribution in [3.63, 3.8) is 0 Å². The molecule has 0 amide bonds. The maximum absolute atomic E-state index is 5.46. The van der Waals surface area contributed by atoms with E-state index in [2.05, 4.69) is 19.9 Å². The molecule has 2 heterocycles. The van der Waals surface area contributed by atoms with Crippen LogP contribution in [0.2, 0.25) is 0 Å². The van der Waals surface area contributed by atoms with Crippen molar-refractivity contribution in [2.45, 2.75) is 6.42 Å². The molecule has 4 N–H and O–H groups in total. The summed E-state index contributed by atoms with van der Waals surface area (Å²) in [5.41, 5.74) is 12.0. The first-order valence-corrected chi connectivity index (χ1v) is 4.39. The van der Waals surface area contributed by atoms with Gasteiger partial charge in [0.25, 0.3) is 0 Å². The number of nitrogens with zero attached hydrogens (tertiary/aromatic N) is 4. The highest BCUT2D eigenvalue weighted by Gasteiger charge is 2.02. The zero-order chi connectivity index (χ0) is 10.7. The minimum atomic E-state index is 0.145. The first-order valence-electron chi connectivity index (χ1n) is 4.39. The van der Waals surface area contributed by atoms with E-state index in [4.69, 9.17) is 11.5 Å². The number of pyridine rings is 1. The number of aromatic nitrogens is 4. The third-order valence-electron chi connectivity index (χ3n) is 1.83. The molecule has 0 aliphatic heterocycles. The van der Waals surface area contributed by atoms with Crippen LogP contribution in [0.4, 0.5) is 11.9 Å². The molecule has 0 unspecified atom stereocenters. The van der Waals surface area contributed by atoms with Crippen molar-refractivity contribution in [3.05, 3.63) is 35.9 Å². The minimum absolute atomic E-state index is 0.145. The van der Waals surface area contributed by atoms with Crippen molar-refractivity contribution in [3.8, 4) is 0 Å². The van der Waals surface area contributed by atoms with Crippen LogP contribution in [0.3, 0.4) is 0 Å². The lowest BCUT2D eigenvalue weighted by atomic mass is 10.2. The molecule has 0 aliphatic carbocycles. The second kappa shape index (κ2) is 3.87. The predicted octanol–water partition coefficient (Wildman–Crippen LogP) is 0.0218. The molecular formula is C9H10N6. The van der Waals surface area contributed by atoms with Crippen LogP contribution in [-0.4, -0.2) is 19.9 Å². The number of nitrogens with two attached hydrogens (primary N) is 2. The van der Waals surface area contributed by atoms with Gasteiger partial charge in [0.15, 0.2) is 0 Å². The van der Waals surface area contributed by atoms with Gasteiger partial charge in [-0.2, -0.15) is 15.0 Å². The Morgan fingerprint density at radius 3 is 2.13 bits per heavy atom. The molecule has 0 spiro atoms. The van der Waals surface area contributed by atoms with Gasteiger partial charge < -0.3 is 11.5 Å². The Labute approximate surface area is 86.4 Å². The fraction of sp³-hybridized carbons (Fsp3) is 0.111. The predicted molar refractivity (Wildman–Crippen MR) is 55.7 cm³/mol. The zero-order valence-corrected chi connectivity index (χ0v) is 7.96. The van der Waals surface area contributed by atoms with Crippen molar-refractivity contribution in [2.75, 3.05) is 11.5 Å². The third kappa shape index (κ3) is 2.37. The fourth-order valence-electron chi connectivity index (χ4n) is 1.22. The number of anilines is 2. The highest BCUT2D eigenvalue weighted by molar-refractivity contribution is 5.27. The molecule has 0 fully saturated rings. The van der Waals surface area contributed by atoms with Gasteiger partial charge in [-0.1, -0.05) is 0 Å². The quantitative estimate of drug-likeness (QED) is 0.711. The maximum Gasteiger partial charge on any atom is 0.225 e. The lowest BCUT2D eigenvalue weighted by molar-refractivity contribution is 0.937. The summed E-state index contributed by atoms with van der Waals surface area (Å²) in [6, 6.07) is 3.77. The number of nitrogen functional groups attached to an aromatic ring is 2. The average Bonchev–Trinajstić information content (AvgIpc) is 2.17. The standard InChI is InChI=1S/C9H10N6/c10-8-13-7(14-9(11)15-8)5-6-1-3-12-4-2-6/h1-4H,5H2,(H4,10,11,13,14,15). The molecule has 0 bridgehead atoms. The van der Waals surface area contributed by atoms with Gasteiger partial charge in [-0.25, -0.2) is 0 Å². The molecule has 6 heteroatoms. The molecule has 2 aromatic heterocycles. The van der Waals surface area contributed by atoms with Crippen LogP contribution in [0.25, 0.3) is 0 Å². The molecule has 0 aliphatic rings. The van der Waals surface area contributed by atoms with E-state index in [1.807, 2.05) is 12.1 Å². The first-order chi connectivity index (χ1) is 7.24. The summed E-state index contributed by atoms with van der Waals surface area (Å²) < 4.78 is 0. The van der Waals surface area contributed by atoms with Gasteiger partial charge in [-0.3, -0.25) is 4.98 Å². The summed E-state index contributed by atoms with van der Waals surface area (Å²) >= 11 is 0. The number of hydrogen-bond acceptors (Lipinski definition) is 6. The van der Waals surface area contributed by atoms with Gasteiger partial charge in [-0.05, 0) is 17.7 Å². The van der Waals surface area contributed by atoms with Crippen LogP contribution >= 0.6 is 0 Å². The Morgan fingerprint density at radius 1 is 0.933 bits per heavy atom. The third-order valence-corrected chi connectivity index (χ3v) is 1.83. The second-order valence-electron chi connectivity index (χ2n) is 3.00. The van der Waals surface area contributed by atoms with Crippen LogP contribution in [0.15, 0.2) is 24.5 Å². The van der Waals surface area contributed by atoms with E-state index in [-0.39, 0.29) is 11.9 Å². The van der Waals surface area contributed by atoms with Crippen LogP contribution < -0.4 is 11.5 Å². The molecule has 76 valence electrons. The summed E-state index contributed by atoms with van der Waals surface area (Å²) in [5.74, 6) is 0.851. The SMILES string of the molecule is Nc1nc(N)nc(Cc2ccncc2)n1. The molecule has 0 radical (unpaired) electrons. The minimum Gasteiger partial charge on any atom is -0.368 e. The van der Waals surface area contributed by atoms with Crippen molar-refractivity contribution in [2.24, 2.45) is 0 Å². The summed E-state index contributed by atoms with van der Waals surface area (Å²) in [6.07, 6.45) is 3.99. The zero-order valence-electron chi connectivity index (χ0n) is 7.96. The van der Waals surface area contributed by atoms with Gasteiger partial charge in [0.05, 0.1) is 0 Å². The van der Waals surface area contributed by atoms with Gasteiger partial charge in [0, 0.05) is 18.8 Å². The Hall–Kier alpha value is -2.24. The highest BCUT2D eigenvalue weighted by Crippen LogP contribution is 2.05. The van der Waals surface area contributed by atoms with E-state index in [9.17, 15) is 0 Å². The van der Waals surface area contributed by atoms with E-state index in [0.717, 1.165) is 5.56 Å². The second-order valence-corrected chi connectivity index (χ2v) is 3.00. The fourth-order valence-corrected chi connectivity index (χ4v) is 1.22. The number of hydrogen-bond donors (Lipinski definition) is 2. The number of rotatable bonds is 2. The maximum atomic E-state index is 5.46. The summed E-state index contributed by atoms with van der Waals surface area (Å²) in [6.45, 7) is 0. The average molecular weight is 202 g/mol. The monoisotopic (exact) mass is 202 g/mol. The molecule has 15 heavy (non-hydrogen) atoms. The Kier molecular flexibility index (Phi) is 2.40. The normalized spacial score (nSPS) is 10.1. The summed E-state index contributed by atoms with van der Waals surface area (Å²) in [5, 5.41) is 0. The lowest BCUT2D eigenvalue weighted by Crippen LogP contribution is -2.07. The Balaban J connectivity index is 2.25. The van der Waals surface area contributed by atoms with Crippen LogP contribution in [0, 0.1) is 0 Å². The summed E-state index contributed by atoms with van der Waals surface area (Å²) in [4.78, 5) is 15.6. The molecule has 0 saturated heterocycles. The molecular weight excluding hydrogens is 192 g/mol. The topological polar surface area (TPSA) is 104 Å². The van der Waals surface area contributed by atoms with Gasteiger partial charge in [-0.15, -0.1) is 0 Å². The largest absolute Gasteiger partial charge is 0.368 e. The van der Waals surface area contributed by atoms with Crippen molar-refractivity contribution >= 4 is 11.9 Å². The van der Waals surface area contributed by atoms with E-state index in [0.29, 0.717) is 12.2 Å². The molecule has 6 nitrogen and oxygen atoms in total. The van der Waals surface area contributed by atoms with Crippen molar-refractivity contribution in [1.29, 1.82) is 0 Å². The van der Waals surface area contributed by atoms with Crippen LogP contribution in [0.5, 0.6) is 0 Å². The molecule has 0 saturated carbocycles. The van der Waals surface area contributed by atoms with Crippen LogP contribution in [0.1, 0.15) is 11.4 Å². The van der Waals surface area contributed by atoms with Gasteiger partial charge in [0.2, 0.25) is 11.9 Å². The van der Waals surface area contributed by atoms with Crippen LogP contribution in [-0.2, 0) is 6.42 Å². The Bertz CT molecular complexity index is 435. The van der Waals surface area contributed by atoms with E-state index in [1.54, 1.807) is 12.4 Å². The van der Waals surface area contributed by atoms with E-state index < -0.39 is 0 Å².